The van der Waals surface area contributed by atoms with Gasteiger partial charge in [0.1, 0.15) is 29.4 Å². The van der Waals surface area contributed by atoms with Crippen LogP contribution in [-0.2, 0) is 21.4 Å². The number of hydrogen-bond acceptors (Lipinski definition) is 6. The number of rotatable bonds is 7. The van der Waals surface area contributed by atoms with Gasteiger partial charge in [-0.2, -0.15) is 0 Å². The van der Waals surface area contributed by atoms with E-state index in [-0.39, 0.29) is 22.8 Å². The third-order valence-electron chi connectivity index (χ3n) is 4.02. The van der Waals surface area contributed by atoms with E-state index < -0.39 is 16.0 Å². The van der Waals surface area contributed by atoms with Gasteiger partial charge >= 0.3 is 5.97 Å². The number of nitrogens with two attached hydrogens (primary N) is 1. The average molecular weight is 413 g/mol. The molecule has 3 aromatic rings. The third-order valence-corrected chi connectivity index (χ3v) is 4.93. The van der Waals surface area contributed by atoms with Crippen LogP contribution in [0.25, 0.3) is 0 Å². The summed E-state index contributed by atoms with van der Waals surface area (Å²) in [4.78, 5) is 12.4. The largest absolute Gasteiger partial charge is 0.496 e. The monoisotopic (exact) mass is 413 g/mol. The molecule has 0 heterocycles. The lowest BCUT2D eigenvalue weighted by molar-refractivity contribution is 0.0467. The van der Waals surface area contributed by atoms with E-state index in [0.717, 1.165) is 6.07 Å². The molecule has 0 radical (unpaired) electrons. The van der Waals surface area contributed by atoms with Crippen LogP contribution in [0.4, 0.5) is 0 Å². The summed E-state index contributed by atoms with van der Waals surface area (Å²) in [5.74, 6) is 0.614. The van der Waals surface area contributed by atoms with Gasteiger partial charge in [-0.25, -0.2) is 18.4 Å². The van der Waals surface area contributed by atoms with Crippen molar-refractivity contribution < 1.29 is 27.4 Å². The van der Waals surface area contributed by atoms with Crippen molar-refractivity contribution in [3.8, 4) is 17.2 Å². The molecule has 0 saturated carbocycles. The van der Waals surface area contributed by atoms with Gasteiger partial charge in [-0.15, -0.1) is 0 Å². The zero-order valence-electron chi connectivity index (χ0n) is 15.6. The fourth-order valence-electron chi connectivity index (χ4n) is 2.58. The molecule has 150 valence electrons. The molecule has 0 aliphatic heterocycles. The predicted molar refractivity (Wildman–Crippen MR) is 106 cm³/mol. The van der Waals surface area contributed by atoms with E-state index in [1.807, 2.05) is 36.4 Å². The fraction of sp³-hybridized carbons (Fsp3) is 0.0952. The van der Waals surface area contributed by atoms with Crippen molar-refractivity contribution in [1.29, 1.82) is 0 Å². The quantitative estimate of drug-likeness (QED) is 0.595. The Labute approximate surface area is 168 Å². The summed E-state index contributed by atoms with van der Waals surface area (Å²) in [6, 6.07) is 20.1. The Morgan fingerprint density at radius 3 is 2.31 bits per heavy atom. The van der Waals surface area contributed by atoms with Crippen LogP contribution in [0, 0.1) is 0 Å². The van der Waals surface area contributed by atoms with Crippen molar-refractivity contribution in [2.45, 2.75) is 11.5 Å². The van der Waals surface area contributed by atoms with Gasteiger partial charge in [0.05, 0.1) is 12.0 Å². The summed E-state index contributed by atoms with van der Waals surface area (Å²) in [7, 11) is -2.61. The number of hydrogen-bond donors (Lipinski definition) is 1. The number of methoxy groups -OCH3 is 1. The van der Waals surface area contributed by atoms with Gasteiger partial charge in [-0.3, -0.25) is 0 Å². The maximum atomic E-state index is 12.6. The molecule has 0 amide bonds. The number of carbonyl (C=O) groups is 1. The minimum atomic E-state index is -3.98. The number of ether oxygens (including phenoxy) is 3. The van der Waals surface area contributed by atoms with Gasteiger partial charge in [0.15, 0.2) is 0 Å². The Balaban J connectivity index is 1.80. The lowest BCUT2D eigenvalue weighted by Crippen LogP contribution is -2.14. The van der Waals surface area contributed by atoms with Crippen LogP contribution in [0.15, 0.2) is 77.7 Å². The van der Waals surface area contributed by atoms with Crippen LogP contribution in [-0.4, -0.2) is 21.5 Å². The summed E-state index contributed by atoms with van der Waals surface area (Å²) < 4.78 is 39.5. The minimum absolute atomic E-state index is 0.0412. The van der Waals surface area contributed by atoms with Crippen LogP contribution < -0.4 is 14.6 Å². The van der Waals surface area contributed by atoms with E-state index in [4.69, 9.17) is 19.3 Å². The SMILES string of the molecule is COc1ccc(S(N)(=O)=O)cc1C(=O)OCc1ccccc1Oc1ccccc1. The molecule has 0 aromatic heterocycles. The van der Waals surface area contributed by atoms with E-state index in [0.29, 0.717) is 17.1 Å². The normalized spacial score (nSPS) is 11.0. The molecule has 2 N–H and O–H groups in total. The number of primary sulfonamides is 1. The molecule has 29 heavy (non-hydrogen) atoms. The molecular formula is C21H19NO6S. The molecule has 3 rings (SSSR count). The van der Waals surface area contributed by atoms with Crippen LogP contribution in [0.3, 0.4) is 0 Å². The topological polar surface area (TPSA) is 105 Å². The van der Waals surface area contributed by atoms with Crippen molar-refractivity contribution in [3.05, 3.63) is 83.9 Å². The summed E-state index contributed by atoms with van der Waals surface area (Å²) in [5, 5.41) is 5.14. The first-order chi connectivity index (χ1) is 13.9. The molecule has 0 fully saturated rings. The molecule has 0 aliphatic rings. The molecule has 0 unspecified atom stereocenters. The van der Waals surface area contributed by atoms with Crippen LogP contribution in [0.2, 0.25) is 0 Å². The third kappa shape index (κ3) is 5.13. The second-order valence-electron chi connectivity index (χ2n) is 6.01. The van der Waals surface area contributed by atoms with Crippen LogP contribution in [0.1, 0.15) is 15.9 Å². The highest BCUT2D eigenvalue weighted by Crippen LogP contribution is 2.27. The van der Waals surface area contributed by atoms with Gasteiger partial charge < -0.3 is 14.2 Å². The molecule has 0 aliphatic carbocycles. The summed E-state index contributed by atoms with van der Waals surface area (Å²) in [6.07, 6.45) is 0. The number of carbonyl (C=O) groups excluding carboxylic acids is 1. The number of sulfonamides is 1. The number of para-hydroxylation sites is 2. The molecular weight excluding hydrogens is 394 g/mol. The lowest BCUT2D eigenvalue weighted by Gasteiger charge is -2.13. The first-order valence-corrected chi connectivity index (χ1v) is 10.1. The highest BCUT2D eigenvalue weighted by atomic mass is 32.2. The van der Waals surface area contributed by atoms with Crippen LogP contribution in [0.5, 0.6) is 17.2 Å². The Bertz CT molecular complexity index is 1110. The van der Waals surface area contributed by atoms with Crippen molar-refractivity contribution >= 4 is 16.0 Å². The Morgan fingerprint density at radius 1 is 0.931 bits per heavy atom. The minimum Gasteiger partial charge on any atom is -0.496 e. The van der Waals surface area contributed by atoms with Crippen molar-refractivity contribution in [2.24, 2.45) is 5.14 Å². The molecule has 0 spiro atoms. The summed E-state index contributed by atoms with van der Waals surface area (Å²) >= 11 is 0. The number of esters is 1. The maximum absolute atomic E-state index is 12.6. The van der Waals surface area contributed by atoms with Gasteiger partial charge in [0.2, 0.25) is 10.0 Å². The molecule has 0 saturated heterocycles. The molecule has 7 nitrogen and oxygen atoms in total. The van der Waals surface area contributed by atoms with Crippen LogP contribution >= 0.6 is 0 Å². The Morgan fingerprint density at radius 2 is 1.62 bits per heavy atom. The van der Waals surface area contributed by atoms with Gasteiger partial charge in [-0.05, 0) is 36.4 Å². The summed E-state index contributed by atoms with van der Waals surface area (Å²) in [5.41, 5.74) is 0.603. The van der Waals surface area contributed by atoms with E-state index in [1.165, 1.54) is 19.2 Å². The standard InChI is InChI=1S/C21H19NO6S/c1-26-20-12-11-17(29(22,24)25)13-18(20)21(23)27-14-15-7-5-6-10-19(15)28-16-8-3-2-4-9-16/h2-13H,14H2,1H3,(H2,22,24,25). The molecule has 3 aromatic carbocycles. The zero-order chi connectivity index (χ0) is 20.9. The fourth-order valence-corrected chi connectivity index (χ4v) is 3.12. The van der Waals surface area contributed by atoms with Crippen molar-refractivity contribution in [1.82, 2.24) is 0 Å². The molecule has 0 atom stereocenters. The number of benzene rings is 3. The zero-order valence-corrected chi connectivity index (χ0v) is 16.4. The summed E-state index contributed by atoms with van der Waals surface area (Å²) in [6.45, 7) is -0.0788. The Hall–Kier alpha value is -3.36. The van der Waals surface area contributed by atoms with Gasteiger partial charge in [-0.1, -0.05) is 36.4 Å². The second kappa shape index (κ2) is 8.76. The maximum Gasteiger partial charge on any atom is 0.342 e. The van der Waals surface area contributed by atoms with Gasteiger partial charge in [0, 0.05) is 5.56 Å². The highest BCUT2D eigenvalue weighted by molar-refractivity contribution is 7.89. The predicted octanol–water partition coefficient (Wildman–Crippen LogP) is 3.49. The van der Waals surface area contributed by atoms with E-state index >= 15 is 0 Å². The highest BCUT2D eigenvalue weighted by Gasteiger charge is 2.19. The lowest BCUT2D eigenvalue weighted by atomic mass is 10.2. The second-order valence-corrected chi connectivity index (χ2v) is 7.57. The molecule has 8 heteroatoms. The first kappa shape index (κ1) is 20.4. The average Bonchev–Trinajstić information content (AvgIpc) is 2.72. The van der Waals surface area contributed by atoms with E-state index in [1.54, 1.807) is 18.2 Å². The van der Waals surface area contributed by atoms with E-state index in [2.05, 4.69) is 0 Å². The Kier molecular flexibility index (Phi) is 6.16. The molecule has 0 bridgehead atoms. The van der Waals surface area contributed by atoms with Crippen molar-refractivity contribution in [3.63, 3.8) is 0 Å². The van der Waals surface area contributed by atoms with E-state index in [9.17, 15) is 13.2 Å². The van der Waals surface area contributed by atoms with Gasteiger partial charge in [0.25, 0.3) is 0 Å². The van der Waals surface area contributed by atoms with Crippen molar-refractivity contribution in [2.75, 3.05) is 7.11 Å². The smallest absolute Gasteiger partial charge is 0.342 e. The first-order valence-electron chi connectivity index (χ1n) is 8.57.